The molecule has 0 aromatic rings. The fourth-order valence-electron chi connectivity index (χ4n) is 3.52. The molecular weight excluding hydrogens is 344 g/mol. The Hall–Kier alpha value is -1.64. The summed E-state index contributed by atoms with van der Waals surface area (Å²) >= 11 is 0. The van der Waals surface area contributed by atoms with E-state index in [4.69, 9.17) is 5.11 Å². The van der Waals surface area contributed by atoms with Gasteiger partial charge in [0.05, 0.1) is 17.6 Å². The maximum Gasteiger partial charge on any atom is 0.303 e. The molecule has 1 saturated carbocycles. The highest BCUT2D eigenvalue weighted by atomic mass is 16.4. The monoisotopic (exact) mass is 378 g/mol. The van der Waals surface area contributed by atoms with Crippen molar-refractivity contribution in [2.75, 3.05) is 0 Å². The van der Waals surface area contributed by atoms with Gasteiger partial charge >= 0.3 is 5.97 Å². The van der Waals surface area contributed by atoms with E-state index in [1.165, 1.54) is 0 Å². The zero-order chi connectivity index (χ0) is 20.4. The van der Waals surface area contributed by atoms with Crippen molar-refractivity contribution in [3.63, 3.8) is 0 Å². The molecule has 1 rings (SSSR count). The van der Waals surface area contributed by atoms with Crippen LogP contribution >= 0.6 is 0 Å². The number of carboxylic acids is 1. The number of carboxylic acid groups (broad SMARTS) is 1. The second-order valence-corrected chi connectivity index (χ2v) is 7.97. The zero-order valence-corrected chi connectivity index (χ0v) is 16.8. The summed E-state index contributed by atoms with van der Waals surface area (Å²) in [6.07, 6.45) is 7.30. The summed E-state index contributed by atoms with van der Waals surface area (Å²) in [6, 6.07) is 0. The number of hydrogen-bond acceptors (Lipinski definition) is 4. The summed E-state index contributed by atoms with van der Waals surface area (Å²) < 4.78 is 0. The normalized spacial score (nSPS) is 25.4. The number of aliphatic hydroxyl groups excluding tert-OH is 2. The standard InChI is InChI=1S/C22H34O5/c1-4-5-8-11-16(23)14-15-18-17(20(26)22(2,3)21(18)27)12-9-6-7-10-13-19(24)25/h14-18,21,23,27H,4-5,7-8,10-13H2,1-3H3,(H,24,25)/b15-14+/t16?,17-,18-,21+/m1/s1. The molecule has 4 atom stereocenters. The third kappa shape index (κ3) is 7.12. The van der Waals surface area contributed by atoms with Crippen molar-refractivity contribution in [3.8, 4) is 11.8 Å². The van der Waals surface area contributed by atoms with Gasteiger partial charge in [-0.3, -0.25) is 9.59 Å². The Labute approximate surface area is 162 Å². The molecule has 5 nitrogen and oxygen atoms in total. The van der Waals surface area contributed by atoms with E-state index in [-0.39, 0.29) is 18.1 Å². The molecule has 0 aliphatic heterocycles. The van der Waals surface area contributed by atoms with Crippen LogP contribution in [0.15, 0.2) is 12.2 Å². The second-order valence-electron chi connectivity index (χ2n) is 7.97. The Morgan fingerprint density at radius 1 is 1.26 bits per heavy atom. The zero-order valence-electron chi connectivity index (χ0n) is 16.8. The van der Waals surface area contributed by atoms with Gasteiger partial charge in [0.2, 0.25) is 0 Å². The van der Waals surface area contributed by atoms with Crippen molar-refractivity contribution in [1.82, 2.24) is 0 Å². The maximum absolute atomic E-state index is 12.7. The van der Waals surface area contributed by atoms with Gasteiger partial charge < -0.3 is 15.3 Å². The Morgan fingerprint density at radius 2 is 1.96 bits per heavy atom. The minimum atomic E-state index is -0.838. The summed E-state index contributed by atoms with van der Waals surface area (Å²) in [5.41, 5.74) is -0.835. The van der Waals surface area contributed by atoms with E-state index < -0.39 is 29.5 Å². The molecule has 0 radical (unpaired) electrons. The van der Waals surface area contributed by atoms with Crippen molar-refractivity contribution in [1.29, 1.82) is 0 Å². The van der Waals surface area contributed by atoms with E-state index in [1.54, 1.807) is 26.0 Å². The first-order valence-corrected chi connectivity index (χ1v) is 9.98. The van der Waals surface area contributed by atoms with Crippen LogP contribution in [0.3, 0.4) is 0 Å². The van der Waals surface area contributed by atoms with Gasteiger partial charge in [0.1, 0.15) is 5.78 Å². The molecule has 0 bridgehead atoms. The van der Waals surface area contributed by atoms with Crippen molar-refractivity contribution in [2.45, 2.75) is 84.3 Å². The predicted octanol–water partition coefficient (Wildman–Crippen LogP) is 3.33. The Balaban J connectivity index is 2.72. The Morgan fingerprint density at radius 3 is 2.59 bits per heavy atom. The van der Waals surface area contributed by atoms with Gasteiger partial charge in [-0.1, -0.05) is 52.2 Å². The second kappa shape index (κ2) is 11.3. The molecule has 0 heterocycles. The van der Waals surface area contributed by atoms with E-state index in [0.717, 1.165) is 19.3 Å². The SMILES string of the molecule is CCCCCC(O)/C=C/[C@@H]1[C@@H](CC#CCCCC(=O)O)C(=O)C(C)(C)[C@H]1O. The average Bonchev–Trinajstić information content (AvgIpc) is 2.76. The third-order valence-electron chi connectivity index (χ3n) is 5.34. The van der Waals surface area contributed by atoms with E-state index in [2.05, 4.69) is 18.8 Å². The highest BCUT2D eigenvalue weighted by Gasteiger charge is 2.52. The topological polar surface area (TPSA) is 94.8 Å². The quantitative estimate of drug-likeness (QED) is 0.308. The number of aliphatic carboxylic acids is 1. The van der Waals surface area contributed by atoms with Crippen molar-refractivity contribution < 1.29 is 24.9 Å². The molecule has 0 aromatic carbocycles. The van der Waals surface area contributed by atoms with Crippen molar-refractivity contribution in [3.05, 3.63) is 12.2 Å². The number of carbonyl (C=O) groups excluding carboxylic acids is 1. The van der Waals surface area contributed by atoms with Crippen molar-refractivity contribution in [2.24, 2.45) is 17.3 Å². The van der Waals surface area contributed by atoms with Crippen LogP contribution in [-0.4, -0.2) is 39.3 Å². The third-order valence-corrected chi connectivity index (χ3v) is 5.34. The number of rotatable bonds is 10. The number of hydrogen-bond donors (Lipinski definition) is 3. The number of carbonyl (C=O) groups is 2. The van der Waals surface area contributed by atoms with Crippen LogP contribution < -0.4 is 0 Å². The maximum atomic E-state index is 12.7. The van der Waals surface area contributed by atoms with Crippen LogP contribution in [0.25, 0.3) is 0 Å². The van der Waals surface area contributed by atoms with Gasteiger partial charge in [0.25, 0.3) is 0 Å². The summed E-state index contributed by atoms with van der Waals surface area (Å²) in [5.74, 6) is 4.30. The van der Waals surface area contributed by atoms with Gasteiger partial charge in [-0.25, -0.2) is 0 Å². The Kier molecular flexibility index (Phi) is 9.76. The first kappa shape index (κ1) is 23.4. The summed E-state index contributed by atoms with van der Waals surface area (Å²) in [4.78, 5) is 23.2. The van der Waals surface area contributed by atoms with Crippen LogP contribution in [0.1, 0.15) is 72.1 Å². The highest BCUT2D eigenvalue weighted by molar-refractivity contribution is 5.90. The average molecular weight is 379 g/mol. The van der Waals surface area contributed by atoms with E-state index in [1.807, 2.05) is 0 Å². The number of Topliss-reactive ketones (excluding diaryl/α,β-unsaturated/α-hetero) is 1. The largest absolute Gasteiger partial charge is 0.481 e. The first-order valence-electron chi connectivity index (χ1n) is 9.98. The fourth-order valence-corrected chi connectivity index (χ4v) is 3.52. The fraction of sp³-hybridized carbons (Fsp3) is 0.727. The van der Waals surface area contributed by atoms with Gasteiger partial charge in [0.15, 0.2) is 0 Å². The summed E-state index contributed by atoms with van der Waals surface area (Å²) in [5, 5.41) is 29.3. The molecule has 1 fully saturated rings. The Bertz CT molecular complexity index is 581. The molecule has 0 amide bonds. The molecule has 3 N–H and O–H groups in total. The molecule has 0 aromatic heterocycles. The molecule has 0 saturated heterocycles. The van der Waals surface area contributed by atoms with Crippen LogP contribution in [-0.2, 0) is 9.59 Å². The van der Waals surface area contributed by atoms with Crippen LogP contribution in [0.5, 0.6) is 0 Å². The molecule has 1 unspecified atom stereocenters. The lowest BCUT2D eigenvalue weighted by Crippen LogP contribution is -2.31. The number of unbranched alkanes of at least 4 members (excludes halogenated alkanes) is 3. The van der Waals surface area contributed by atoms with Crippen LogP contribution in [0.2, 0.25) is 0 Å². The number of aliphatic hydroxyl groups is 2. The molecule has 1 aliphatic rings. The summed E-state index contributed by atoms with van der Waals surface area (Å²) in [6.45, 7) is 5.61. The molecule has 1 aliphatic carbocycles. The minimum Gasteiger partial charge on any atom is -0.481 e. The minimum absolute atomic E-state index is 0.00930. The molecule has 5 heteroatoms. The van der Waals surface area contributed by atoms with Crippen LogP contribution in [0.4, 0.5) is 0 Å². The first-order chi connectivity index (χ1) is 12.7. The number of ketones is 1. The molecule has 152 valence electrons. The predicted molar refractivity (Wildman–Crippen MR) is 105 cm³/mol. The molecule has 0 spiro atoms. The lowest BCUT2D eigenvalue weighted by atomic mass is 9.86. The molecular formula is C22H34O5. The highest BCUT2D eigenvalue weighted by Crippen LogP contribution is 2.44. The van der Waals surface area contributed by atoms with Gasteiger partial charge in [0, 0.05) is 31.1 Å². The van der Waals surface area contributed by atoms with E-state index >= 15 is 0 Å². The van der Waals surface area contributed by atoms with Gasteiger partial charge in [-0.05, 0) is 12.8 Å². The van der Waals surface area contributed by atoms with Crippen LogP contribution in [0, 0.1) is 29.1 Å². The van der Waals surface area contributed by atoms with E-state index in [0.29, 0.717) is 25.7 Å². The van der Waals surface area contributed by atoms with Crippen molar-refractivity contribution >= 4 is 11.8 Å². The van der Waals surface area contributed by atoms with Gasteiger partial charge in [-0.2, -0.15) is 0 Å². The summed E-state index contributed by atoms with van der Waals surface area (Å²) in [7, 11) is 0. The van der Waals surface area contributed by atoms with E-state index in [9.17, 15) is 19.8 Å². The lowest BCUT2D eigenvalue weighted by Gasteiger charge is -2.22. The van der Waals surface area contributed by atoms with Gasteiger partial charge in [-0.15, -0.1) is 11.8 Å². The lowest BCUT2D eigenvalue weighted by molar-refractivity contribution is -0.137. The molecule has 27 heavy (non-hydrogen) atoms. The smallest absolute Gasteiger partial charge is 0.303 e.